The maximum atomic E-state index is 12.8. The minimum Gasteiger partial charge on any atom is -0.495 e. The van der Waals surface area contributed by atoms with Gasteiger partial charge in [-0.05, 0) is 0 Å². The molecule has 0 spiro atoms. The summed E-state index contributed by atoms with van der Waals surface area (Å²) >= 11 is 0. The van der Waals surface area contributed by atoms with Crippen LogP contribution in [0.4, 0.5) is 13.2 Å². The summed E-state index contributed by atoms with van der Waals surface area (Å²) in [4.78, 5) is 3.03. The Kier molecular flexibility index (Phi) is 2.92. The standard InChI is InChI=1S/C8H5F3N2O/c1-14-6-4(2-12)3-13-8(11)5(6)7(9)10/h3,7H,1H3. The summed E-state index contributed by atoms with van der Waals surface area (Å²) in [7, 11) is 1.08. The van der Waals surface area contributed by atoms with E-state index in [1.807, 2.05) is 0 Å². The quantitative estimate of drug-likeness (QED) is 0.689. The van der Waals surface area contributed by atoms with Gasteiger partial charge in [0, 0.05) is 0 Å². The van der Waals surface area contributed by atoms with Crippen LogP contribution < -0.4 is 4.74 Å². The van der Waals surface area contributed by atoms with Crippen LogP contribution in [0.2, 0.25) is 0 Å². The Morgan fingerprint density at radius 1 is 1.57 bits per heavy atom. The fourth-order valence-corrected chi connectivity index (χ4v) is 0.977. The minimum absolute atomic E-state index is 0.218. The highest BCUT2D eigenvalue weighted by molar-refractivity contribution is 5.47. The molecule has 0 aliphatic carbocycles. The van der Waals surface area contributed by atoms with E-state index in [1.165, 1.54) is 0 Å². The van der Waals surface area contributed by atoms with Gasteiger partial charge in [0.25, 0.3) is 6.43 Å². The molecule has 0 N–H and O–H groups in total. The lowest BCUT2D eigenvalue weighted by molar-refractivity contribution is 0.140. The van der Waals surface area contributed by atoms with E-state index in [-0.39, 0.29) is 5.56 Å². The summed E-state index contributed by atoms with van der Waals surface area (Å²) < 4.78 is 42.0. The Hall–Kier alpha value is -1.77. The summed E-state index contributed by atoms with van der Waals surface area (Å²) in [5.41, 5.74) is -1.20. The number of hydrogen-bond donors (Lipinski definition) is 0. The Morgan fingerprint density at radius 2 is 2.21 bits per heavy atom. The predicted molar refractivity (Wildman–Crippen MR) is 40.4 cm³/mol. The maximum Gasteiger partial charge on any atom is 0.271 e. The highest BCUT2D eigenvalue weighted by atomic mass is 19.3. The molecule has 0 atom stereocenters. The number of methoxy groups -OCH3 is 1. The van der Waals surface area contributed by atoms with Crippen LogP contribution in [0.25, 0.3) is 0 Å². The molecule has 14 heavy (non-hydrogen) atoms. The van der Waals surface area contributed by atoms with E-state index >= 15 is 0 Å². The topological polar surface area (TPSA) is 45.9 Å². The maximum absolute atomic E-state index is 12.8. The number of alkyl halides is 2. The molecule has 0 unspecified atom stereocenters. The van der Waals surface area contributed by atoms with E-state index in [4.69, 9.17) is 5.26 Å². The smallest absolute Gasteiger partial charge is 0.271 e. The van der Waals surface area contributed by atoms with Crippen LogP contribution in [-0.4, -0.2) is 12.1 Å². The first kappa shape index (κ1) is 10.3. The van der Waals surface area contributed by atoms with Crippen molar-refractivity contribution >= 4 is 0 Å². The number of halogens is 3. The van der Waals surface area contributed by atoms with Gasteiger partial charge in [0.1, 0.15) is 17.2 Å². The van der Waals surface area contributed by atoms with Gasteiger partial charge >= 0.3 is 0 Å². The van der Waals surface area contributed by atoms with E-state index in [0.717, 1.165) is 13.3 Å². The Bertz CT molecular complexity index is 387. The number of ether oxygens (including phenoxy) is 1. The van der Waals surface area contributed by atoms with E-state index in [2.05, 4.69) is 9.72 Å². The number of rotatable bonds is 2. The lowest BCUT2D eigenvalue weighted by atomic mass is 10.2. The van der Waals surface area contributed by atoms with Crippen molar-refractivity contribution in [2.75, 3.05) is 7.11 Å². The van der Waals surface area contributed by atoms with Crippen molar-refractivity contribution in [2.45, 2.75) is 6.43 Å². The molecular formula is C8H5F3N2O. The average Bonchev–Trinajstić information content (AvgIpc) is 2.16. The van der Waals surface area contributed by atoms with Gasteiger partial charge in [-0.1, -0.05) is 0 Å². The van der Waals surface area contributed by atoms with Gasteiger partial charge in [-0.25, -0.2) is 13.8 Å². The first-order valence-electron chi connectivity index (χ1n) is 3.52. The molecule has 0 radical (unpaired) electrons. The van der Waals surface area contributed by atoms with Crippen LogP contribution >= 0.6 is 0 Å². The zero-order chi connectivity index (χ0) is 10.7. The third-order valence-corrected chi connectivity index (χ3v) is 1.56. The van der Waals surface area contributed by atoms with Gasteiger partial charge in [0.2, 0.25) is 5.95 Å². The Labute approximate surface area is 77.7 Å². The van der Waals surface area contributed by atoms with Crippen molar-refractivity contribution in [3.05, 3.63) is 23.3 Å². The van der Waals surface area contributed by atoms with E-state index in [0.29, 0.717) is 0 Å². The number of pyridine rings is 1. The second-order valence-corrected chi connectivity index (χ2v) is 2.32. The number of hydrogen-bond acceptors (Lipinski definition) is 3. The lowest BCUT2D eigenvalue weighted by Crippen LogP contribution is -2.01. The zero-order valence-electron chi connectivity index (χ0n) is 7.09. The van der Waals surface area contributed by atoms with E-state index in [1.54, 1.807) is 6.07 Å². The Balaban J connectivity index is 3.45. The molecule has 0 amide bonds. The molecule has 1 heterocycles. The molecular weight excluding hydrogens is 197 g/mol. The highest BCUT2D eigenvalue weighted by Crippen LogP contribution is 2.32. The van der Waals surface area contributed by atoms with Gasteiger partial charge in [-0.2, -0.15) is 9.65 Å². The molecule has 0 aliphatic heterocycles. The van der Waals surface area contributed by atoms with Gasteiger partial charge in [-0.15, -0.1) is 0 Å². The summed E-state index contributed by atoms with van der Waals surface area (Å²) in [6.45, 7) is 0. The summed E-state index contributed by atoms with van der Waals surface area (Å²) in [5.74, 6) is -1.79. The fraction of sp³-hybridized carbons (Fsp3) is 0.250. The molecule has 0 saturated heterocycles. The summed E-state index contributed by atoms with van der Waals surface area (Å²) in [5, 5.41) is 8.51. The van der Waals surface area contributed by atoms with Gasteiger partial charge in [-0.3, -0.25) is 0 Å². The second kappa shape index (κ2) is 3.96. The van der Waals surface area contributed by atoms with Crippen LogP contribution in [0.5, 0.6) is 5.75 Å². The molecule has 74 valence electrons. The van der Waals surface area contributed by atoms with Crippen LogP contribution in [-0.2, 0) is 0 Å². The molecule has 0 fully saturated rings. The molecule has 1 aromatic heterocycles. The molecule has 3 nitrogen and oxygen atoms in total. The number of nitriles is 1. The number of aromatic nitrogens is 1. The number of nitrogens with zero attached hydrogens (tertiary/aromatic N) is 2. The molecule has 6 heteroatoms. The largest absolute Gasteiger partial charge is 0.495 e. The van der Waals surface area contributed by atoms with Crippen LogP contribution in [0.1, 0.15) is 17.6 Å². The minimum atomic E-state index is -3.06. The van der Waals surface area contributed by atoms with Crippen LogP contribution in [0.15, 0.2) is 6.20 Å². The third-order valence-electron chi connectivity index (χ3n) is 1.56. The average molecular weight is 202 g/mol. The molecule has 1 rings (SSSR count). The zero-order valence-corrected chi connectivity index (χ0v) is 7.09. The van der Waals surface area contributed by atoms with Gasteiger partial charge in [0.05, 0.1) is 13.3 Å². The molecule has 0 saturated carbocycles. The van der Waals surface area contributed by atoms with Crippen molar-refractivity contribution in [1.29, 1.82) is 5.26 Å². The monoisotopic (exact) mass is 202 g/mol. The first-order valence-corrected chi connectivity index (χ1v) is 3.52. The SMILES string of the molecule is COc1c(C#N)cnc(F)c1C(F)F. The fourth-order valence-electron chi connectivity index (χ4n) is 0.977. The van der Waals surface area contributed by atoms with E-state index < -0.39 is 23.7 Å². The molecule has 0 aromatic carbocycles. The summed E-state index contributed by atoms with van der Waals surface area (Å²) in [6.07, 6.45) is -2.22. The lowest BCUT2D eigenvalue weighted by Gasteiger charge is -2.08. The third kappa shape index (κ3) is 1.62. The second-order valence-electron chi connectivity index (χ2n) is 2.32. The van der Waals surface area contributed by atoms with Gasteiger partial charge < -0.3 is 4.74 Å². The summed E-state index contributed by atoms with van der Waals surface area (Å²) in [6, 6.07) is 1.58. The Morgan fingerprint density at radius 3 is 2.64 bits per heavy atom. The molecule has 0 bridgehead atoms. The van der Waals surface area contributed by atoms with Crippen molar-refractivity contribution in [3.8, 4) is 11.8 Å². The molecule has 1 aromatic rings. The van der Waals surface area contributed by atoms with E-state index in [9.17, 15) is 13.2 Å². The first-order chi connectivity index (χ1) is 6.61. The van der Waals surface area contributed by atoms with Crippen molar-refractivity contribution in [1.82, 2.24) is 4.98 Å². The van der Waals surface area contributed by atoms with Gasteiger partial charge in [0.15, 0.2) is 5.75 Å². The van der Waals surface area contributed by atoms with Crippen molar-refractivity contribution in [2.24, 2.45) is 0 Å². The predicted octanol–water partition coefficient (Wildman–Crippen LogP) is 2.04. The normalized spacial score (nSPS) is 10.0. The molecule has 0 aliphatic rings. The van der Waals surface area contributed by atoms with Crippen LogP contribution in [0, 0.1) is 17.3 Å². The van der Waals surface area contributed by atoms with Crippen molar-refractivity contribution < 1.29 is 17.9 Å². The highest BCUT2D eigenvalue weighted by Gasteiger charge is 2.23. The van der Waals surface area contributed by atoms with Crippen molar-refractivity contribution in [3.63, 3.8) is 0 Å². The van der Waals surface area contributed by atoms with Crippen LogP contribution in [0.3, 0.4) is 0 Å².